The molecular formula is C17H25NO3. The molecule has 0 aromatic heterocycles. The molecule has 1 aliphatic heterocycles. The lowest BCUT2D eigenvalue weighted by molar-refractivity contribution is -0.168. The molecule has 4 nitrogen and oxygen atoms in total. The number of ether oxygens (including phenoxy) is 1. The van der Waals surface area contributed by atoms with Gasteiger partial charge in [0.1, 0.15) is 6.10 Å². The number of esters is 1. The van der Waals surface area contributed by atoms with Gasteiger partial charge < -0.3 is 9.84 Å². The molecule has 0 unspecified atom stereocenters. The highest BCUT2D eigenvalue weighted by atomic mass is 16.6. The zero-order valence-electron chi connectivity index (χ0n) is 13.2. The van der Waals surface area contributed by atoms with Crippen LogP contribution in [0.2, 0.25) is 0 Å². The third-order valence-electron chi connectivity index (χ3n) is 4.75. The van der Waals surface area contributed by atoms with Gasteiger partial charge in [0.25, 0.3) is 0 Å². The van der Waals surface area contributed by atoms with Crippen molar-refractivity contribution in [1.29, 1.82) is 0 Å². The number of benzene rings is 1. The van der Waals surface area contributed by atoms with E-state index in [1.165, 1.54) is 0 Å². The molecule has 0 spiro atoms. The summed E-state index contributed by atoms with van der Waals surface area (Å²) >= 11 is 0. The molecule has 1 heterocycles. The van der Waals surface area contributed by atoms with E-state index in [1.54, 1.807) is 24.3 Å². The first-order valence-corrected chi connectivity index (χ1v) is 7.49. The number of likely N-dealkylation sites (tertiary alicyclic amines) is 1. The molecule has 1 aliphatic rings. The number of rotatable bonds is 3. The van der Waals surface area contributed by atoms with Crippen LogP contribution in [0.5, 0.6) is 0 Å². The third-order valence-corrected chi connectivity index (χ3v) is 4.75. The minimum absolute atomic E-state index is 0.111. The van der Waals surface area contributed by atoms with Crippen LogP contribution in [0.1, 0.15) is 45.3 Å². The average molecular weight is 291 g/mol. The Labute approximate surface area is 126 Å². The van der Waals surface area contributed by atoms with Gasteiger partial charge in [-0.2, -0.15) is 0 Å². The van der Waals surface area contributed by atoms with Gasteiger partial charge in [-0.25, -0.2) is 4.79 Å². The summed E-state index contributed by atoms with van der Waals surface area (Å²) in [5.74, 6) is -0.564. The summed E-state index contributed by atoms with van der Waals surface area (Å²) in [5.41, 5.74) is 0.681. The van der Waals surface area contributed by atoms with Gasteiger partial charge in [0.2, 0.25) is 0 Å². The molecule has 1 aromatic rings. The van der Waals surface area contributed by atoms with Gasteiger partial charge in [0.05, 0.1) is 0 Å². The van der Waals surface area contributed by atoms with Crippen LogP contribution >= 0.6 is 0 Å². The molecule has 116 valence electrons. The third kappa shape index (κ3) is 3.44. The number of hydrogen-bond donors (Lipinski definition) is 1. The summed E-state index contributed by atoms with van der Waals surface area (Å²) < 4.78 is 5.55. The molecule has 4 heteroatoms. The Bertz CT molecular complexity index is 486. The lowest BCUT2D eigenvalue weighted by Crippen LogP contribution is -2.56. The van der Waals surface area contributed by atoms with E-state index in [-0.39, 0.29) is 17.7 Å². The van der Waals surface area contributed by atoms with Crippen molar-refractivity contribution in [2.24, 2.45) is 0 Å². The first-order valence-electron chi connectivity index (χ1n) is 7.49. The largest absolute Gasteiger partial charge is 0.459 e. The molecule has 0 radical (unpaired) electrons. The predicted octanol–water partition coefficient (Wildman–Crippen LogP) is 2.52. The number of carbonyl (C=O) groups is 1. The van der Waals surface area contributed by atoms with Crippen molar-refractivity contribution in [2.45, 2.75) is 57.4 Å². The molecule has 0 saturated carbocycles. The van der Waals surface area contributed by atoms with Crippen molar-refractivity contribution in [1.82, 2.24) is 4.90 Å². The Morgan fingerprint density at radius 1 is 1.38 bits per heavy atom. The number of aliphatic hydroxyl groups is 1. The topological polar surface area (TPSA) is 49.8 Å². The van der Waals surface area contributed by atoms with E-state index in [1.807, 2.05) is 6.07 Å². The molecule has 2 rings (SSSR count). The van der Waals surface area contributed by atoms with E-state index in [0.29, 0.717) is 5.56 Å². The van der Waals surface area contributed by atoms with Gasteiger partial charge in [-0.15, -0.1) is 0 Å². The molecule has 0 aliphatic carbocycles. The minimum Gasteiger partial charge on any atom is -0.459 e. The van der Waals surface area contributed by atoms with Gasteiger partial charge in [-0.3, -0.25) is 4.90 Å². The van der Waals surface area contributed by atoms with Gasteiger partial charge in [0, 0.05) is 11.6 Å². The fraction of sp³-hybridized carbons (Fsp3) is 0.588. The number of nitrogens with zero attached hydrogens (tertiary/aromatic N) is 1. The monoisotopic (exact) mass is 291 g/mol. The average Bonchev–Trinajstić information content (AvgIpc) is 2.48. The van der Waals surface area contributed by atoms with Crippen molar-refractivity contribution in [3.63, 3.8) is 0 Å². The summed E-state index contributed by atoms with van der Waals surface area (Å²) in [5, 5.41) is 10.1. The zero-order valence-corrected chi connectivity index (χ0v) is 13.2. The second-order valence-corrected chi connectivity index (χ2v) is 6.49. The maximum Gasteiger partial charge on any atom is 0.339 e. The van der Waals surface area contributed by atoms with Crippen LogP contribution in [0.15, 0.2) is 30.3 Å². The maximum atomic E-state index is 12.1. The smallest absolute Gasteiger partial charge is 0.339 e. The van der Waals surface area contributed by atoms with Crippen LogP contribution in [-0.4, -0.2) is 40.7 Å². The molecule has 3 atom stereocenters. The molecule has 1 fully saturated rings. The van der Waals surface area contributed by atoms with E-state index in [4.69, 9.17) is 4.74 Å². The highest BCUT2D eigenvalue weighted by Crippen LogP contribution is 2.32. The van der Waals surface area contributed by atoms with Crippen molar-refractivity contribution >= 4 is 5.97 Å². The highest BCUT2D eigenvalue weighted by Gasteiger charge is 2.39. The van der Waals surface area contributed by atoms with Crippen LogP contribution in [0, 0.1) is 0 Å². The van der Waals surface area contributed by atoms with Crippen molar-refractivity contribution in [3.05, 3.63) is 35.9 Å². The summed E-state index contributed by atoms with van der Waals surface area (Å²) in [6.07, 6.45) is 0.409. The number of piperidine rings is 1. The second-order valence-electron chi connectivity index (χ2n) is 6.49. The fourth-order valence-electron chi connectivity index (χ4n) is 2.86. The van der Waals surface area contributed by atoms with Gasteiger partial charge in [-0.1, -0.05) is 30.3 Å². The number of hydrogen-bond acceptors (Lipinski definition) is 4. The lowest BCUT2D eigenvalue weighted by Gasteiger charge is -2.47. The van der Waals surface area contributed by atoms with Crippen molar-refractivity contribution in [3.8, 4) is 0 Å². The summed E-state index contributed by atoms with van der Waals surface area (Å²) in [7, 11) is 2.05. The van der Waals surface area contributed by atoms with Crippen molar-refractivity contribution in [2.75, 3.05) is 7.05 Å². The fourth-order valence-corrected chi connectivity index (χ4v) is 2.86. The number of aliphatic hydroxyl groups excluding tert-OH is 1. The van der Waals surface area contributed by atoms with Gasteiger partial charge in [0.15, 0.2) is 6.10 Å². The molecule has 1 saturated heterocycles. The standard InChI is InChI=1S/C17H25NO3/c1-12-14(10-11-17(2,3)18(12)4)21-16(20)15(19)13-8-6-5-7-9-13/h5-9,12,14-15,19H,10-11H2,1-4H3/t12-,14+,15+/m0/s1. The Kier molecular flexibility index (Phi) is 4.69. The SMILES string of the molecule is C[C@H]1[C@H](OC(=O)[C@H](O)c2ccccc2)CCC(C)(C)N1C. The Morgan fingerprint density at radius 3 is 2.62 bits per heavy atom. The zero-order chi connectivity index (χ0) is 15.6. The lowest BCUT2D eigenvalue weighted by atomic mass is 9.85. The minimum atomic E-state index is -1.21. The quantitative estimate of drug-likeness (QED) is 0.869. The molecule has 1 aromatic carbocycles. The van der Waals surface area contributed by atoms with Gasteiger partial charge in [-0.05, 0) is 46.2 Å². The summed E-state index contributed by atoms with van der Waals surface area (Å²) in [4.78, 5) is 14.4. The highest BCUT2D eigenvalue weighted by molar-refractivity contribution is 5.76. The van der Waals surface area contributed by atoms with Crippen LogP contribution in [0.4, 0.5) is 0 Å². The molecule has 0 amide bonds. The molecule has 21 heavy (non-hydrogen) atoms. The van der Waals surface area contributed by atoms with E-state index in [9.17, 15) is 9.90 Å². The first-order chi connectivity index (χ1) is 9.83. The predicted molar refractivity (Wildman–Crippen MR) is 81.8 cm³/mol. The van der Waals surface area contributed by atoms with E-state index < -0.39 is 12.1 Å². The first kappa shape index (κ1) is 16.0. The van der Waals surface area contributed by atoms with Crippen LogP contribution in [0.25, 0.3) is 0 Å². The Hall–Kier alpha value is -1.39. The Balaban J connectivity index is 2.00. The normalized spacial score (nSPS) is 27.1. The van der Waals surface area contributed by atoms with Crippen LogP contribution in [0.3, 0.4) is 0 Å². The van der Waals surface area contributed by atoms with E-state index >= 15 is 0 Å². The Morgan fingerprint density at radius 2 is 2.00 bits per heavy atom. The van der Waals surface area contributed by atoms with Crippen LogP contribution < -0.4 is 0 Å². The number of carbonyl (C=O) groups excluding carboxylic acids is 1. The number of likely N-dealkylation sites (N-methyl/N-ethyl adjacent to an activating group) is 1. The summed E-state index contributed by atoms with van der Waals surface area (Å²) in [6.45, 7) is 6.45. The molecule has 0 bridgehead atoms. The van der Waals surface area contributed by atoms with Crippen LogP contribution in [-0.2, 0) is 9.53 Å². The maximum absolute atomic E-state index is 12.1. The molecule has 1 N–H and O–H groups in total. The summed E-state index contributed by atoms with van der Waals surface area (Å²) in [6, 6.07) is 9.04. The van der Waals surface area contributed by atoms with E-state index in [0.717, 1.165) is 12.8 Å². The van der Waals surface area contributed by atoms with E-state index in [2.05, 4.69) is 32.7 Å². The van der Waals surface area contributed by atoms with Crippen molar-refractivity contribution < 1.29 is 14.6 Å². The molecular weight excluding hydrogens is 266 g/mol. The second kappa shape index (κ2) is 6.16. The van der Waals surface area contributed by atoms with Gasteiger partial charge >= 0.3 is 5.97 Å².